The van der Waals surface area contributed by atoms with Crippen molar-refractivity contribution in [2.24, 2.45) is 0 Å². The third kappa shape index (κ3) is 2.67. The van der Waals surface area contributed by atoms with Crippen molar-refractivity contribution in [2.45, 2.75) is 25.4 Å². The second-order valence-electron chi connectivity index (χ2n) is 6.04. The van der Waals surface area contributed by atoms with Crippen LogP contribution < -0.4 is 10.6 Å². The van der Waals surface area contributed by atoms with Crippen LogP contribution in [0.2, 0.25) is 0 Å². The Kier molecular flexibility index (Phi) is 3.78. The molecule has 2 aliphatic rings. The minimum absolute atomic E-state index is 0.0658. The van der Waals surface area contributed by atoms with Crippen molar-refractivity contribution < 1.29 is 14.6 Å². The Morgan fingerprint density at radius 1 is 1.38 bits per heavy atom. The SMILES string of the molecule is O=C1Nc2nc(-c3ncccc3O)cc(C3CCCNC3)c2CO1. The normalized spacial score (nSPS) is 20.0. The van der Waals surface area contributed by atoms with Gasteiger partial charge in [-0.05, 0) is 49.1 Å². The molecule has 1 amide bonds. The first-order chi connectivity index (χ1) is 11.7. The number of aromatic hydroxyl groups is 1. The van der Waals surface area contributed by atoms with Crippen molar-refractivity contribution in [1.82, 2.24) is 15.3 Å². The summed E-state index contributed by atoms with van der Waals surface area (Å²) in [7, 11) is 0. The lowest BCUT2D eigenvalue weighted by atomic mass is 9.88. The van der Waals surface area contributed by atoms with E-state index < -0.39 is 6.09 Å². The van der Waals surface area contributed by atoms with Crippen molar-refractivity contribution in [3.05, 3.63) is 35.5 Å². The lowest BCUT2D eigenvalue weighted by molar-refractivity contribution is 0.150. The number of nitrogens with one attached hydrogen (secondary N) is 2. The van der Waals surface area contributed by atoms with E-state index in [2.05, 4.69) is 20.6 Å². The highest BCUT2D eigenvalue weighted by Crippen LogP contribution is 2.36. The van der Waals surface area contributed by atoms with E-state index >= 15 is 0 Å². The van der Waals surface area contributed by atoms with Crippen LogP contribution in [0, 0.1) is 0 Å². The van der Waals surface area contributed by atoms with E-state index in [0.29, 0.717) is 23.1 Å². The summed E-state index contributed by atoms with van der Waals surface area (Å²) in [5.41, 5.74) is 2.95. The van der Waals surface area contributed by atoms with Gasteiger partial charge in [-0.15, -0.1) is 0 Å². The number of fused-ring (bicyclic) bond motifs is 1. The monoisotopic (exact) mass is 326 g/mol. The Balaban J connectivity index is 1.85. The van der Waals surface area contributed by atoms with Crippen LogP contribution in [0.1, 0.15) is 29.9 Å². The fraction of sp³-hybridized carbons (Fsp3) is 0.353. The summed E-state index contributed by atoms with van der Waals surface area (Å²) in [6.45, 7) is 2.11. The maximum atomic E-state index is 11.6. The van der Waals surface area contributed by atoms with Gasteiger partial charge in [0.1, 0.15) is 23.9 Å². The number of nitrogens with zero attached hydrogens (tertiary/aromatic N) is 2. The molecule has 1 saturated heterocycles. The van der Waals surface area contributed by atoms with Gasteiger partial charge < -0.3 is 15.2 Å². The lowest BCUT2D eigenvalue weighted by Crippen LogP contribution is -2.30. The molecule has 3 N–H and O–H groups in total. The number of ether oxygens (including phenoxy) is 1. The van der Waals surface area contributed by atoms with Crippen LogP contribution in [0.3, 0.4) is 0 Å². The number of rotatable bonds is 2. The number of carbonyl (C=O) groups excluding carboxylic acids is 1. The third-order valence-electron chi connectivity index (χ3n) is 4.49. The molecule has 0 radical (unpaired) electrons. The number of hydrogen-bond donors (Lipinski definition) is 3. The molecular formula is C17H18N4O3. The van der Waals surface area contributed by atoms with Gasteiger partial charge in [-0.3, -0.25) is 10.3 Å². The van der Waals surface area contributed by atoms with E-state index in [1.807, 2.05) is 6.07 Å². The van der Waals surface area contributed by atoms with Crippen LogP contribution in [0.25, 0.3) is 11.4 Å². The maximum absolute atomic E-state index is 11.6. The third-order valence-corrected chi connectivity index (χ3v) is 4.49. The first-order valence-electron chi connectivity index (χ1n) is 8.05. The Labute approximate surface area is 139 Å². The minimum atomic E-state index is -0.509. The summed E-state index contributed by atoms with van der Waals surface area (Å²) in [6.07, 6.45) is 3.26. The average molecular weight is 326 g/mol. The molecule has 1 unspecified atom stereocenters. The maximum Gasteiger partial charge on any atom is 0.413 e. The van der Waals surface area contributed by atoms with Crippen LogP contribution in [0.15, 0.2) is 24.4 Å². The summed E-state index contributed by atoms with van der Waals surface area (Å²) in [5, 5.41) is 16.2. The second kappa shape index (κ2) is 6.09. The Bertz CT molecular complexity index is 787. The van der Waals surface area contributed by atoms with E-state index in [1.54, 1.807) is 18.3 Å². The number of anilines is 1. The molecular weight excluding hydrogens is 308 g/mol. The van der Waals surface area contributed by atoms with Crippen LogP contribution >= 0.6 is 0 Å². The molecule has 0 bridgehead atoms. The zero-order chi connectivity index (χ0) is 16.5. The standard InChI is InChI=1S/C17H18N4O3/c22-14-4-2-6-19-15(14)13-7-11(10-3-1-5-18-8-10)12-9-24-17(23)21-16(12)20-13/h2,4,6-7,10,18,22H,1,3,5,8-9H2,(H,20,21,23). The Morgan fingerprint density at radius 3 is 3.08 bits per heavy atom. The highest BCUT2D eigenvalue weighted by Gasteiger charge is 2.27. The highest BCUT2D eigenvalue weighted by molar-refractivity contribution is 5.87. The molecule has 0 aromatic carbocycles. The van der Waals surface area contributed by atoms with E-state index in [4.69, 9.17) is 4.74 Å². The largest absolute Gasteiger partial charge is 0.506 e. The Hall–Kier alpha value is -2.67. The van der Waals surface area contributed by atoms with Gasteiger partial charge in [0.05, 0.1) is 5.69 Å². The smallest absolute Gasteiger partial charge is 0.413 e. The second-order valence-corrected chi connectivity index (χ2v) is 6.04. The fourth-order valence-electron chi connectivity index (χ4n) is 3.31. The quantitative estimate of drug-likeness (QED) is 0.784. The molecule has 2 aromatic rings. The van der Waals surface area contributed by atoms with Gasteiger partial charge >= 0.3 is 6.09 Å². The number of aromatic nitrogens is 2. The summed E-state index contributed by atoms with van der Waals surface area (Å²) in [6, 6.07) is 5.20. The first kappa shape index (κ1) is 14.9. The minimum Gasteiger partial charge on any atom is -0.506 e. The molecule has 0 saturated carbocycles. The van der Waals surface area contributed by atoms with Crippen molar-refractivity contribution >= 4 is 11.9 Å². The van der Waals surface area contributed by atoms with Crippen molar-refractivity contribution in [3.8, 4) is 17.1 Å². The van der Waals surface area contributed by atoms with E-state index in [9.17, 15) is 9.90 Å². The van der Waals surface area contributed by atoms with Crippen LogP contribution in [-0.4, -0.2) is 34.3 Å². The molecule has 7 nitrogen and oxygen atoms in total. The number of piperidine rings is 1. The zero-order valence-corrected chi connectivity index (χ0v) is 13.1. The summed E-state index contributed by atoms with van der Waals surface area (Å²) >= 11 is 0. The van der Waals surface area contributed by atoms with Crippen LogP contribution in [0.5, 0.6) is 5.75 Å². The molecule has 124 valence electrons. The van der Waals surface area contributed by atoms with Gasteiger partial charge in [-0.1, -0.05) is 0 Å². The molecule has 0 spiro atoms. The van der Waals surface area contributed by atoms with Crippen molar-refractivity contribution in [2.75, 3.05) is 18.4 Å². The summed E-state index contributed by atoms with van der Waals surface area (Å²) in [4.78, 5) is 20.3. The predicted octanol–water partition coefficient (Wildman–Crippen LogP) is 2.38. The molecule has 4 heterocycles. The number of hydrogen-bond acceptors (Lipinski definition) is 6. The van der Waals surface area contributed by atoms with Crippen LogP contribution in [-0.2, 0) is 11.3 Å². The van der Waals surface area contributed by atoms with Gasteiger partial charge in [-0.25, -0.2) is 9.78 Å². The van der Waals surface area contributed by atoms with Crippen LogP contribution in [0.4, 0.5) is 10.6 Å². The average Bonchev–Trinajstić information content (AvgIpc) is 2.61. The number of amides is 1. The topological polar surface area (TPSA) is 96.4 Å². The zero-order valence-electron chi connectivity index (χ0n) is 13.1. The number of pyridine rings is 2. The molecule has 1 atom stereocenters. The van der Waals surface area contributed by atoms with Gasteiger partial charge in [0, 0.05) is 18.3 Å². The molecule has 2 aromatic heterocycles. The Morgan fingerprint density at radius 2 is 2.29 bits per heavy atom. The molecule has 4 rings (SSSR count). The van der Waals surface area contributed by atoms with Gasteiger partial charge in [0.2, 0.25) is 0 Å². The van der Waals surface area contributed by atoms with Gasteiger partial charge in [0.25, 0.3) is 0 Å². The number of carbonyl (C=O) groups is 1. The van der Waals surface area contributed by atoms with Crippen molar-refractivity contribution in [3.63, 3.8) is 0 Å². The molecule has 24 heavy (non-hydrogen) atoms. The van der Waals surface area contributed by atoms with E-state index in [1.165, 1.54) is 0 Å². The van der Waals surface area contributed by atoms with Gasteiger partial charge in [-0.2, -0.15) is 0 Å². The molecule has 0 aliphatic carbocycles. The molecule has 1 fully saturated rings. The van der Waals surface area contributed by atoms with Crippen molar-refractivity contribution in [1.29, 1.82) is 0 Å². The van der Waals surface area contributed by atoms with Gasteiger partial charge in [0.15, 0.2) is 0 Å². The number of cyclic esters (lactones) is 1. The van der Waals surface area contributed by atoms with E-state index in [-0.39, 0.29) is 12.4 Å². The van der Waals surface area contributed by atoms with E-state index in [0.717, 1.165) is 37.1 Å². The fourth-order valence-corrected chi connectivity index (χ4v) is 3.31. The lowest BCUT2D eigenvalue weighted by Gasteiger charge is -2.28. The summed E-state index contributed by atoms with van der Waals surface area (Å²) < 4.78 is 5.13. The summed E-state index contributed by atoms with van der Waals surface area (Å²) in [5.74, 6) is 0.879. The molecule has 7 heteroatoms. The molecule has 2 aliphatic heterocycles. The first-order valence-corrected chi connectivity index (χ1v) is 8.05. The predicted molar refractivity (Wildman–Crippen MR) is 87.8 cm³/mol. The highest BCUT2D eigenvalue weighted by atomic mass is 16.5.